The van der Waals surface area contributed by atoms with Crippen molar-refractivity contribution in [3.63, 3.8) is 0 Å². The molecule has 2 aromatic heterocycles. The number of piperidine rings is 1. The Labute approximate surface area is 230 Å². The molecule has 3 N–H and O–H groups in total. The van der Waals surface area contributed by atoms with Crippen LogP contribution in [-0.2, 0) is 6.18 Å². The van der Waals surface area contributed by atoms with E-state index in [4.69, 9.17) is 0 Å². The predicted octanol–water partition coefficient (Wildman–Crippen LogP) is 5.34. The number of carbonyl (C=O) groups is 2. The third-order valence-electron chi connectivity index (χ3n) is 7.27. The summed E-state index contributed by atoms with van der Waals surface area (Å²) in [7, 11) is 0. The molecule has 4 rings (SSSR count). The van der Waals surface area contributed by atoms with Gasteiger partial charge in [-0.25, -0.2) is 9.97 Å². The molecule has 1 atom stereocenters. The fraction of sp³-hybridized carbons (Fsp3) is 0.630. The number of aliphatic hydroxyl groups is 1. The largest absolute Gasteiger partial charge is 0.417 e. The Morgan fingerprint density at radius 1 is 1.15 bits per heavy atom. The topological polar surface area (TPSA) is 107 Å². The molecule has 0 aromatic carbocycles. The monoisotopic (exact) mass is 567 g/mol. The average molecular weight is 568 g/mol. The van der Waals surface area contributed by atoms with Gasteiger partial charge in [0.15, 0.2) is 5.01 Å². The molecule has 1 saturated carbocycles. The second kappa shape index (κ2) is 10.7. The smallest absolute Gasteiger partial charge is 0.389 e. The maximum Gasteiger partial charge on any atom is 0.417 e. The van der Waals surface area contributed by atoms with Gasteiger partial charge in [-0.1, -0.05) is 0 Å². The van der Waals surface area contributed by atoms with Crippen molar-refractivity contribution in [1.29, 1.82) is 0 Å². The van der Waals surface area contributed by atoms with Crippen LogP contribution in [0.3, 0.4) is 0 Å². The number of anilines is 1. The zero-order valence-electron chi connectivity index (χ0n) is 22.9. The van der Waals surface area contributed by atoms with Crippen molar-refractivity contribution < 1.29 is 27.9 Å². The van der Waals surface area contributed by atoms with E-state index in [-0.39, 0.29) is 39.5 Å². The van der Waals surface area contributed by atoms with E-state index < -0.39 is 34.7 Å². The summed E-state index contributed by atoms with van der Waals surface area (Å²) in [6.45, 7) is 9.14. The van der Waals surface area contributed by atoms with Crippen molar-refractivity contribution >= 4 is 29.0 Å². The van der Waals surface area contributed by atoms with Gasteiger partial charge in [0.05, 0.1) is 16.0 Å². The Bertz CT molecular complexity index is 1230. The number of amides is 2. The lowest BCUT2D eigenvalue weighted by molar-refractivity contribution is -0.137. The quantitative estimate of drug-likeness (QED) is 0.398. The highest BCUT2D eigenvalue weighted by molar-refractivity contribution is 7.17. The summed E-state index contributed by atoms with van der Waals surface area (Å²) < 4.78 is 43.2. The van der Waals surface area contributed by atoms with Crippen LogP contribution < -0.4 is 10.6 Å². The van der Waals surface area contributed by atoms with Crippen LogP contribution in [0.4, 0.5) is 19.0 Å². The molecule has 2 fully saturated rings. The molecular formula is C27H36F3N5O3S. The van der Waals surface area contributed by atoms with E-state index in [1.54, 1.807) is 4.90 Å². The van der Waals surface area contributed by atoms with Gasteiger partial charge in [-0.2, -0.15) is 13.2 Å². The summed E-state index contributed by atoms with van der Waals surface area (Å²) in [5.41, 5.74) is -3.08. The number of thiazole rings is 1. The molecule has 8 nitrogen and oxygen atoms in total. The molecule has 2 aromatic rings. The van der Waals surface area contributed by atoms with Crippen LogP contribution in [0.2, 0.25) is 0 Å². The zero-order chi connectivity index (χ0) is 28.8. The minimum Gasteiger partial charge on any atom is -0.389 e. The summed E-state index contributed by atoms with van der Waals surface area (Å²) in [5, 5.41) is 15.5. The number of hydrogen-bond acceptors (Lipinski definition) is 7. The first-order chi connectivity index (χ1) is 18.1. The molecular weight excluding hydrogens is 531 g/mol. The summed E-state index contributed by atoms with van der Waals surface area (Å²) in [5.74, 6) is -0.746. The summed E-state index contributed by atoms with van der Waals surface area (Å²) in [4.78, 5) is 36.6. The normalized spacial score (nSPS) is 18.7. The van der Waals surface area contributed by atoms with Gasteiger partial charge in [-0.3, -0.25) is 9.59 Å². The molecule has 12 heteroatoms. The molecule has 39 heavy (non-hydrogen) atoms. The first-order valence-corrected chi connectivity index (χ1v) is 14.1. The van der Waals surface area contributed by atoms with Crippen molar-refractivity contribution in [3.05, 3.63) is 28.5 Å². The van der Waals surface area contributed by atoms with Crippen molar-refractivity contribution in [3.8, 4) is 10.4 Å². The molecule has 0 radical (unpaired) electrons. The Balaban J connectivity index is 1.78. The third-order valence-corrected chi connectivity index (χ3v) is 8.36. The number of nitrogens with one attached hydrogen (secondary N) is 2. The zero-order valence-corrected chi connectivity index (χ0v) is 23.7. The van der Waals surface area contributed by atoms with Crippen molar-refractivity contribution in [2.75, 3.05) is 18.4 Å². The van der Waals surface area contributed by atoms with Crippen LogP contribution in [0.15, 0.2) is 12.3 Å². The highest BCUT2D eigenvalue weighted by Gasteiger charge is 2.40. The van der Waals surface area contributed by atoms with Crippen molar-refractivity contribution in [2.24, 2.45) is 5.92 Å². The SMILES string of the molecule is C[C@H]1CCCCN1C(=O)c1nc(C(=O)NCC(C)(C)O)sc1-c1cnc(NC(C)(C)C2CC2)cc1C(F)(F)F. The fourth-order valence-corrected chi connectivity index (χ4v) is 5.83. The van der Waals surface area contributed by atoms with E-state index in [9.17, 15) is 27.9 Å². The van der Waals surface area contributed by atoms with Gasteiger partial charge in [-0.05, 0) is 78.7 Å². The highest BCUT2D eigenvalue weighted by Crippen LogP contribution is 2.44. The Hall–Kier alpha value is -2.73. The van der Waals surface area contributed by atoms with Gasteiger partial charge in [0.1, 0.15) is 11.5 Å². The maximum atomic E-state index is 14.4. The van der Waals surface area contributed by atoms with Gasteiger partial charge < -0.3 is 20.6 Å². The number of alkyl halides is 3. The molecule has 1 aliphatic carbocycles. The molecule has 2 amide bonds. The lowest BCUT2D eigenvalue weighted by Gasteiger charge is -2.33. The number of rotatable bonds is 8. The molecule has 214 valence electrons. The predicted molar refractivity (Wildman–Crippen MR) is 144 cm³/mol. The van der Waals surface area contributed by atoms with E-state index in [0.717, 1.165) is 44.4 Å². The number of pyridine rings is 1. The first-order valence-electron chi connectivity index (χ1n) is 13.2. The molecule has 2 aliphatic rings. The van der Waals surface area contributed by atoms with Gasteiger partial charge in [0.2, 0.25) is 0 Å². The van der Waals surface area contributed by atoms with Gasteiger partial charge >= 0.3 is 6.18 Å². The Morgan fingerprint density at radius 3 is 2.44 bits per heavy atom. The number of aromatic nitrogens is 2. The minimum absolute atomic E-state index is 0.0565. The van der Waals surface area contributed by atoms with Crippen LogP contribution in [0.1, 0.15) is 92.6 Å². The minimum atomic E-state index is -4.75. The first kappa shape index (κ1) is 29.3. The number of carbonyl (C=O) groups excluding carboxylic acids is 2. The number of hydrogen-bond donors (Lipinski definition) is 3. The fourth-order valence-electron chi connectivity index (χ4n) is 4.83. The molecule has 1 aliphatic heterocycles. The van der Waals surface area contributed by atoms with Crippen molar-refractivity contribution in [1.82, 2.24) is 20.2 Å². The average Bonchev–Trinajstić information content (AvgIpc) is 3.61. The second-order valence-electron chi connectivity index (χ2n) is 11.8. The summed E-state index contributed by atoms with van der Waals surface area (Å²) in [6.07, 6.45) is 0.875. The van der Waals surface area contributed by atoms with E-state index in [1.165, 1.54) is 13.8 Å². The van der Waals surface area contributed by atoms with Gasteiger partial charge in [0, 0.05) is 36.4 Å². The summed E-state index contributed by atoms with van der Waals surface area (Å²) >= 11 is 0.716. The lowest BCUT2D eigenvalue weighted by atomic mass is 9.98. The van der Waals surface area contributed by atoms with Crippen LogP contribution in [-0.4, -0.2) is 62.1 Å². The van der Waals surface area contributed by atoms with Gasteiger partial charge in [0.25, 0.3) is 11.8 Å². The maximum absolute atomic E-state index is 14.4. The molecule has 3 heterocycles. The highest BCUT2D eigenvalue weighted by atomic mass is 32.1. The van der Waals surface area contributed by atoms with E-state index in [1.807, 2.05) is 20.8 Å². The third kappa shape index (κ3) is 6.89. The van der Waals surface area contributed by atoms with Crippen LogP contribution in [0, 0.1) is 5.92 Å². The van der Waals surface area contributed by atoms with Crippen LogP contribution >= 0.6 is 11.3 Å². The summed E-state index contributed by atoms with van der Waals surface area (Å²) in [6, 6.07) is 0.857. The Kier molecular flexibility index (Phi) is 8.01. The van der Waals surface area contributed by atoms with Crippen LogP contribution in [0.5, 0.6) is 0 Å². The lowest BCUT2D eigenvalue weighted by Crippen LogP contribution is -2.42. The molecule has 0 bridgehead atoms. The van der Waals surface area contributed by atoms with Crippen molar-refractivity contribution in [2.45, 2.75) is 90.1 Å². The standard InChI is InChI=1S/C27H36F3N5O3S/c1-15-8-6-7-11-35(15)24(37)20-21(39-23(33-20)22(36)32-14-25(2,3)38)17-13-31-19(12-18(17)27(28,29)30)34-26(4,5)16-9-10-16/h12-13,15-16,38H,6-11,14H2,1-5H3,(H,31,34)(H,32,36)/t15-/m0/s1. The van der Waals surface area contributed by atoms with Crippen LogP contribution in [0.25, 0.3) is 10.4 Å². The number of likely N-dealkylation sites (tertiary alicyclic amines) is 1. The van der Waals surface area contributed by atoms with E-state index in [0.29, 0.717) is 23.8 Å². The Morgan fingerprint density at radius 2 is 1.85 bits per heavy atom. The van der Waals surface area contributed by atoms with Gasteiger partial charge in [-0.15, -0.1) is 11.3 Å². The number of halogens is 3. The second-order valence-corrected chi connectivity index (χ2v) is 12.8. The number of nitrogens with zero attached hydrogens (tertiary/aromatic N) is 3. The molecule has 1 saturated heterocycles. The molecule has 0 spiro atoms. The molecule has 0 unspecified atom stereocenters. The van der Waals surface area contributed by atoms with E-state index >= 15 is 0 Å². The van der Waals surface area contributed by atoms with E-state index in [2.05, 4.69) is 20.6 Å².